The predicted octanol–water partition coefficient (Wildman–Crippen LogP) is 2.31. The van der Waals surface area contributed by atoms with E-state index in [1.165, 1.54) is 7.11 Å². The molecule has 0 aliphatic carbocycles. The van der Waals surface area contributed by atoms with Gasteiger partial charge in [0.25, 0.3) is 0 Å². The molecular formula is C14H16ClNO4. The molecule has 0 spiro atoms. The number of aliphatic carboxylic acids is 1. The van der Waals surface area contributed by atoms with Crippen LogP contribution in [0.5, 0.6) is 5.75 Å². The normalized spacial score (nSPS) is 10.9. The SMILES string of the molecule is COc1cc2c(CCCO)cn(CC(=O)O)c2cc1Cl. The van der Waals surface area contributed by atoms with Crippen molar-refractivity contribution in [2.75, 3.05) is 13.7 Å². The van der Waals surface area contributed by atoms with E-state index in [1.807, 2.05) is 6.07 Å². The van der Waals surface area contributed by atoms with Gasteiger partial charge in [-0.25, -0.2) is 0 Å². The molecular weight excluding hydrogens is 282 g/mol. The van der Waals surface area contributed by atoms with Crippen molar-refractivity contribution in [3.05, 3.63) is 28.9 Å². The van der Waals surface area contributed by atoms with Gasteiger partial charge < -0.3 is 19.5 Å². The summed E-state index contributed by atoms with van der Waals surface area (Å²) in [5, 5.41) is 19.3. The molecule has 0 fully saturated rings. The number of aryl methyl sites for hydroxylation is 1. The zero-order valence-electron chi connectivity index (χ0n) is 11.1. The van der Waals surface area contributed by atoms with Crippen LogP contribution < -0.4 is 4.74 Å². The Hall–Kier alpha value is -1.72. The van der Waals surface area contributed by atoms with Crippen molar-refractivity contribution in [2.24, 2.45) is 0 Å². The van der Waals surface area contributed by atoms with Crippen molar-refractivity contribution < 1.29 is 19.7 Å². The summed E-state index contributed by atoms with van der Waals surface area (Å²) < 4.78 is 6.84. The number of carboxylic acid groups (broad SMARTS) is 1. The lowest BCUT2D eigenvalue weighted by Crippen LogP contribution is -2.07. The van der Waals surface area contributed by atoms with Crippen molar-refractivity contribution in [1.82, 2.24) is 4.57 Å². The fourth-order valence-corrected chi connectivity index (χ4v) is 2.50. The fourth-order valence-electron chi connectivity index (χ4n) is 2.27. The Balaban J connectivity index is 2.56. The Morgan fingerprint density at radius 1 is 1.45 bits per heavy atom. The number of rotatable bonds is 6. The molecule has 20 heavy (non-hydrogen) atoms. The van der Waals surface area contributed by atoms with Crippen LogP contribution in [0.25, 0.3) is 10.9 Å². The minimum absolute atomic E-state index is 0.0936. The van der Waals surface area contributed by atoms with E-state index in [1.54, 1.807) is 16.8 Å². The van der Waals surface area contributed by atoms with Crippen LogP contribution in [0.15, 0.2) is 18.3 Å². The molecule has 0 saturated heterocycles. The summed E-state index contributed by atoms with van der Waals surface area (Å²) in [5.41, 5.74) is 1.73. The average molecular weight is 298 g/mol. The smallest absolute Gasteiger partial charge is 0.323 e. The Labute approximate surface area is 121 Å². The number of benzene rings is 1. The third-order valence-electron chi connectivity index (χ3n) is 3.15. The third-order valence-corrected chi connectivity index (χ3v) is 3.44. The molecule has 0 atom stereocenters. The molecule has 2 rings (SSSR count). The van der Waals surface area contributed by atoms with Gasteiger partial charge in [-0.05, 0) is 30.5 Å². The monoisotopic (exact) mass is 297 g/mol. The van der Waals surface area contributed by atoms with Crippen LogP contribution in [0, 0.1) is 0 Å². The van der Waals surface area contributed by atoms with Gasteiger partial charge in [0.05, 0.1) is 17.6 Å². The number of methoxy groups -OCH3 is 1. The van der Waals surface area contributed by atoms with Crippen molar-refractivity contribution in [3.8, 4) is 5.75 Å². The van der Waals surface area contributed by atoms with Crippen LogP contribution in [0.3, 0.4) is 0 Å². The minimum atomic E-state index is -0.914. The van der Waals surface area contributed by atoms with Crippen molar-refractivity contribution in [3.63, 3.8) is 0 Å². The summed E-state index contributed by atoms with van der Waals surface area (Å²) >= 11 is 6.10. The summed E-state index contributed by atoms with van der Waals surface area (Å²) in [6, 6.07) is 3.52. The molecule has 0 aliphatic rings. The molecule has 1 heterocycles. The van der Waals surface area contributed by atoms with E-state index < -0.39 is 5.97 Å². The molecule has 2 N–H and O–H groups in total. The lowest BCUT2D eigenvalue weighted by atomic mass is 10.1. The van der Waals surface area contributed by atoms with Gasteiger partial charge in [0, 0.05) is 18.2 Å². The first-order chi connectivity index (χ1) is 9.56. The highest BCUT2D eigenvalue weighted by Gasteiger charge is 2.14. The quantitative estimate of drug-likeness (QED) is 0.858. The molecule has 0 radical (unpaired) electrons. The Kier molecular flexibility index (Phi) is 4.52. The molecule has 5 nitrogen and oxygen atoms in total. The minimum Gasteiger partial charge on any atom is -0.495 e. The van der Waals surface area contributed by atoms with Gasteiger partial charge in [-0.15, -0.1) is 0 Å². The number of aromatic nitrogens is 1. The molecule has 0 amide bonds. The van der Waals surface area contributed by atoms with Gasteiger partial charge in [-0.2, -0.15) is 0 Å². The van der Waals surface area contributed by atoms with Crippen LogP contribution in [0.2, 0.25) is 5.02 Å². The molecule has 2 aromatic rings. The number of hydrogen-bond donors (Lipinski definition) is 2. The van der Waals surface area contributed by atoms with Crippen LogP contribution in [-0.4, -0.2) is 34.5 Å². The number of ether oxygens (including phenoxy) is 1. The van der Waals surface area contributed by atoms with Crippen LogP contribution >= 0.6 is 11.6 Å². The van der Waals surface area contributed by atoms with Gasteiger partial charge in [0.1, 0.15) is 12.3 Å². The number of fused-ring (bicyclic) bond motifs is 1. The van der Waals surface area contributed by atoms with E-state index in [9.17, 15) is 4.79 Å². The van der Waals surface area contributed by atoms with E-state index in [0.717, 1.165) is 16.5 Å². The summed E-state index contributed by atoms with van der Waals surface area (Å²) in [6.07, 6.45) is 3.09. The zero-order chi connectivity index (χ0) is 14.7. The summed E-state index contributed by atoms with van der Waals surface area (Å²) in [5.74, 6) is -0.361. The first-order valence-electron chi connectivity index (χ1n) is 6.24. The maximum Gasteiger partial charge on any atom is 0.323 e. The second-order valence-electron chi connectivity index (χ2n) is 4.51. The van der Waals surface area contributed by atoms with Gasteiger partial charge in [0.15, 0.2) is 0 Å². The second-order valence-corrected chi connectivity index (χ2v) is 4.91. The fraction of sp³-hybridized carbons (Fsp3) is 0.357. The number of halogens is 1. The number of aliphatic hydroxyl groups is 1. The number of hydrogen-bond acceptors (Lipinski definition) is 3. The van der Waals surface area contributed by atoms with Gasteiger partial charge >= 0.3 is 5.97 Å². The highest BCUT2D eigenvalue weighted by molar-refractivity contribution is 6.32. The molecule has 108 valence electrons. The first kappa shape index (κ1) is 14.7. The first-order valence-corrected chi connectivity index (χ1v) is 6.62. The Morgan fingerprint density at radius 3 is 2.80 bits per heavy atom. The maximum atomic E-state index is 10.9. The van der Waals surface area contributed by atoms with Gasteiger partial charge in [-0.1, -0.05) is 11.6 Å². The van der Waals surface area contributed by atoms with Gasteiger partial charge in [0.2, 0.25) is 0 Å². The van der Waals surface area contributed by atoms with Crippen LogP contribution in [-0.2, 0) is 17.8 Å². The topological polar surface area (TPSA) is 71.7 Å². The van der Waals surface area contributed by atoms with E-state index >= 15 is 0 Å². The highest BCUT2D eigenvalue weighted by atomic mass is 35.5. The van der Waals surface area contributed by atoms with E-state index in [4.69, 9.17) is 26.6 Å². The predicted molar refractivity (Wildman–Crippen MR) is 76.5 cm³/mol. The molecule has 6 heteroatoms. The molecule has 0 bridgehead atoms. The highest BCUT2D eigenvalue weighted by Crippen LogP contribution is 2.33. The zero-order valence-corrected chi connectivity index (χ0v) is 11.9. The van der Waals surface area contributed by atoms with Crippen molar-refractivity contribution in [2.45, 2.75) is 19.4 Å². The number of nitrogens with zero attached hydrogens (tertiary/aromatic N) is 1. The number of carbonyl (C=O) groups is 1. The third kappa shape index (κ3) is 2.89. The Bertz CT molecular complexity index is 636. The lowest BCUT2D eigenvalue weighted by Gasteiger charge is -2.06. The van der Waals surface area contributed by atoms with Crippen LogP contribution in [0.4, 0.5) is 0 Å². The number of carboxylic acids is 1. The largest absolute Gasteiger partial charge is 0.495 e. The van der Waals surface area contributed by atoms with Crippen molar-refractivity contribution >= 4 is 28.5 Å². The van der Waals surface area contributed by atoms with E-state index in [0.29, 0.717) is 23.6 Å². The number of aliphatic hydroxyl groups excluding tert-OH is 1. The molecule has 0 aliphatic heterocycles. The molecule has 0 unspecified atom stereocenters. The maximum absolute atomic E-state index is 10.9. The van der Waals surface area contributed by atoms with Gasteiger partial charge in [-0.3, -0.25) is 4.79 Å². The van der Waals surface area contributed by atoms with Crippen molar-refractivity contribution in [1.29, 1.82) is 0 Å². The van der Waals surface area contributed by atoms with E-state index in [-0.39, 0.29) is 13.2 Å². The van der Waals surface area contributed by atoms with Crippen LogP contribution in [0.1, 0.15) is 12.0 Å². The summed E-state index contributed by atoms with van der Waals surface area (Å²) in [7, 11) is 1.54. The lowest BCUT2D eigenvalue weighted by molar-refractivity contribution is -0.137. The average Bonchev–Trinajstić information content (AvgIpc) is 2.72. The molecule has 0 saturated carbocycles. The van der Waals surface area contributed by atoms with E-state index in [2.05, 4.69) is 0 Å². The Morgan fingerprint density at radius 2 is 2.20 bits per heavy atom. The summed E-state index contributed by atoms with van der Waals surface area (Å²) in [4.78, 5) is 10.9. The molecule has 1 aromatic carbocycles. The summed E-state index contributed by atoms with van der Waals surface area (Å²) in [6.45, 7) is -0.0331. The standard InChI is InChI=1S/C14H16ClNO4/c1-20-13-5-10-9(3-2-4-17)7-16(8-14(18)19)12(10)6-11(13)15/h5-7,17H,2-4,8H2,1H3,(H,18,19). The molecule has 1 aromatic heterocycles. The second kappa shape index (κ2) is 6.15.